The minimum absolute atomic E-state index is 0.181. The molecule has 1 fully saturated rings. The van der Waals surface area contributed by atoms with E-state index in [0.717, 1.165) is 32.4 Å². The third-order valence-electron chi connectivity index (χ3n) is 4.84. The van der Waals surface area contributed by atoms with Crippen molar-refractivity contribution in [3.05, 3.63) is 0 Å². The quantitative estimate of drug-likeness (QED) is 0.569. The summed E-state index contributed by atoms with van der Waals surface area (Å²) in [4.78, 5) is 14.5. The van der Waals surface area contributed by atoms with E-state index < -0.39 is 0 Å². The van der Waals surface area contributed by atoms with Gasteiger partial charge in [0.05, 0.1) is 6.04 Å². The molecule has 0 aliphatic carbocycles. The zero-order valence-corrected chi connectivity index (χ0v) is 15.8. The smallest absolute Gasteiger partial charge is 0.235 e. The molecular weight excluding hydrogens is 294 g/mol. The average Bonchev–Trinajstić information content (AvgIpc) is 2.81. The Kier molecular flexibility index (Phi) is 8.22. The van der Waals surface area contributed by atoms with Crippen LogP contribution < -0.4 is 11.1 Å². The zero-order valence-electron chi connectivity index (χ0n) is 14.9. The first kappa shape index (κ1) is 19.8. The lowest BCUT2D eigenvalue weighted by Gasteiger charge is -2.40. The van der Waals surface area contributed by atoms with Crippen LogP contribution in [0.5, 0.6) is 0 Å². The molecule has 1 heterocycles. The summed E-state index contributed by atoms with van der Waals surface area (Å²) < 4.78 is 0. The van der Waals surface area contributed by atoms with Crippen molar-refractivity contribution in [3.8, 4) is 0 Å². The minimum Gasteiger partial charge on any atom is -0.368 e. The second-order valence-corrected chi connectivity index (χ2v) is 8.13. The van der Waals surface area contributed by atoms with E-state index in [1.807, 2.05) is 0 Å². The van der Waals surface area contributed by atoms with Crippen LogP contribution in [0.4, 0.5) is 0 Å². The first-order valence-corrected chi connectivity index (χ1v) is 9.24. The molecule has 1 amide bonds. The first-order valence-electron chi connectivity index (χ1n) is 8.72. The van der Waals surface area contributed by atoms with Gasteiger partial charge < -0.3 is 11.1 Å². The summed E-state index contributed by atoms with van der Waals surface area (Å²) in [7, 11) is 0. The van der Waals surface area contributed by atoms with Crippen molar-refractivity contribution in [2.75, 3.05) is 13.1 Å². The molecule has 0 aromatic heterocycles. The number of carbonyl (C=O) groups is 1. The monoisotopic (exact) mass is 329 g/mol. The highest BCUT2D eigenvalue weighted by molar-refractivity contribution is 7.81. The van der Waals surface area contributed by atoms with Crippen LogP contribution in [-0.2, 0) is 4.79 Å². The van der Waals surface area contributed by atoms with Gasteiger partial charge in [-0.2, -0.15) is 12.6 Å². The Morgan fingerprint density at radius 2 is 2.00 bits per heavy atom. The Labute approximate surface area is 142 Å². The van der Waals surface area contributed by atoms with Gasteiger partial charge >= 0.3 is 0 Å². The molecule has 1 rings (SSSR count). The molecule has 5 atom stereocenters. The lowest BCUT2D eigenvalue weighted by molar-refractivity contribution is -0.126. The molecule has 22 heavy (non-hydrogen) atoms. The normalized spacial score (nSPS) is 26.4. The summed E-state index contributed by atoms with van der Waals surface area (Å²) >= 11 is 4.56. The van der Waals surface area contributed by atoms with Crippen molar-refractivity contribution in [2.24, 2.45) is 17.6 Å². The molecule has 0 aromatic carbocycles. The van der Waals surface area contributed by atoms with E-state index in [1.165, 1.54) is 0 Å². The van der Waals surface area contributed by atoms with Crippen molar-refractivity contribution in [1.29, 1.82) is 0 Å². The highest BCUT2D eigenvalue weighted by Crippen LogP contribution is 2.23. The summed E-state index contributed by atoms with van der Waals surface area (Å²) in [6.45, 7) is 12.8. The summed E-state index contributed by atoms with van der Waals surface area (Å²) in [5.41, 5.74) is 5.77. The van der Waals surface area contributed by atoms with E-state index in [0.29, 0.717) is 23.3 Å². The third kappa shape index (κ3) is 5.74. The Bertz CT molecular complexity index is 351. The van der Waals surface area contributed by atoms with Crippen LogP contribution in [0.2, 0.25) is 0 Å². The molecule has 5 heteroatoms. The maximum absolute atomic E-state index is 12.1. The largest absolute Gasteiger partial charge is 0.368 e. The van der Waals surface area contributed by atoms with Gasteiger partial charge in [-0.25, -0.2) is 0 Å². The number of primary amides is 1. The third-order valence-corrected chi connectivity index (χ3v) is 5.23. The fourth-order valence-corrected chi connectivity index (χ4v) is 3.93. The van der Waals surface area contributed by atoms with Gasteiger partial charge in [-0.05, 0) is 31.6 Å². The summed E-state index contributed by atoms with van der Waals surface area (Å²) in [6, 6.07) is 0.579. The number of hydrogen-bond acceptors (Lipinski definition) is 4. The predicted octanol–water partition coefficient (Wildman–Crippen LogP) is 2.28. The molecule has 4 nitrogen and oxygen atoms in total. The molecule has 1 unspecified atom stereocenters. The molecule has 3 N–H and O–H groups in total. The number of nitrogens with zero attached hydrogens (tertiary/aromatic N) is 1. The van der Waals surface area contributed by atoms with Crippen LogP contribution in [0.3, 0.4) is 0 Å². The fraction of sp³-hybridized carbons (Fsp3) is 0.941. The maximum atomic E-state index is 12.1. The van der Waals surface area contributed by atoms with Crippen molar-refractivity contribution in [2.45, 2.75) is 77.3 Å². The standard InChI is InChI=1S/C17H35N3OS/c1-6-12(4)16(17(18)21)20(13(5)7-11(2)3)10-14-8-15(22)9-19-14/h11-16,19,22H,6-10H2,1-5H3,(H2,18,21)/t12-,13?,14-,15-,16-/m0/s1. The van der Waals surface area contributed by atoms with Crippen LogP contribution in [0.25, 0.3) is 0 Å². The lowest BCUT2D eigenvalue weighted by atomic mass is 9.93. The number of amides is 1. The van der Waals surface area contributed by atoms with Gasteiger partial charge in [-0.15, -0.1) is 0 Å². The van der Waals surface area contributed by atoms with Crippen molar-refractivity contribution < 1.29 is 4.79 Å². The molecule has 1 aliphatic rings. The van der Waals surface area contributed by atoms with Crippen molar-refractivity contribution in [1.82, 2.24) is 10.2 Å². The van der Waals surface area contributed by atoms with E-state index >= 15 is 0 Å². The molecule has 1 saturated heterocycles. The number of rotatable bonds is 9. The molecule has 0 aromatic rings. The van der Waals surface area contributed by atoms with E-state index in [4.69, 9.17) is 5.73 Å². The van der Waals surface area contributed by atoms with Crippen LogP contribution in [0, 0.1) is 11.8 Å². The van der Waals surface area contributed by atoms with Gasteiger partial charge in [0.15, 0.2) is 0 Å². The van der Waals surface area contributed by atoms with E-state index in [1.54, 1.807) is 0 Å². The first-order chi connectivity index (χ1) is 10.3. The fourth-order valence-electron chi connectivity index (χ4n) is 3.57. The van der Waals surface area contributed by atoms with Gasteiger partial charge in [0.25, 0.3) is 0 Å². The Morgan fingerprint density at radius 1 is 1.36 bits per heavy atom. The lowest BCUT2D eigenvalue weighted by Crippen LogP contribution is -2.55. The number of nitrogens with two attached hydrogens (primary N) is 1. The Balaban J connectivity index is 2.89. The summed E-state index contributed by atoms with van der Waals surface area (Å²) in [5, 5.41) is 3.94. The van der Waals surface area contributed by atoms with Crippen LogP contribution in [0.15, 0.2) is 0 Å². The topological polar surface area (TPSA) is 58.4 Å². The number of carbonyl (C=O) groups excluding carboxylic acids is 1. The van der Waals surface area contributed by atoms with Crippen LogP contribution in [-0.4, -0.2) is 47.3 Å². The summed E-state index contributed by atoms with van der Waals surface area (Å²) in [5.74, 6) is 0.697. The molecule has 1 aliphatic heterocycles. The van der Waals surface area contributed by atoms with E-state index in [-0.39, 0.29) is 17.9 Å². The second kappa shape index (κ2) is 9.14. The highest BCUT2D eigenvalue weighted by atomic mass is 32.1. The van der Waals surface area contributed by atoms with Gasteiger partial charge in [0, 0.05) is 30.4 Å². The molecule has 130 valence electrons. The number of nitrogens with one attached hydrogen (secondary N) is 1. The molecule has 0 saturated carbocycles. The Hall–Kier alpha value is -0.260. The number of thiol groups is 1. The average molecular weight is 330 g/mol. The second-order valence-electron chi connectivity index (χ2n) is 7.40. The number of hydrogen-bond donors (Lipinski definition) is 3. The highest BCUT2D eigenvalue weighted by Gasteiger charge is 2.34. The van der Waals surface area contributed by atoms with Gasteiger partial charge in [-0.1, -0.05) is 34.1 Å². The zero-order chi connectivity index (χ0) is 16.9. The van der Waals surface area contributed by atoms with Crippen LogP contribution in [0.1, 0.15) is 53.9 Å². The maximum Gasteiger partial charge on any atom is 0.235 e. The van der Waals surface area contributed by atoms with E-state index in [9.17, 15) is 4.79 Å². The Morgan fingerprint density at radius 3 is 2.41 bits per heavy atom. The summed E-state index contributed by atoms with van der Waals surface area (Å²) in [6.07, 6.45) is 3.10. The van der Waals surface area contributed by atoms with Gasteiger partial charge in [0.1, 0.15) is 0 Å². The van der Waals surface area contributed by atoms with Gasteiger partial charge in [0.2, 0.25) is 5.91 Å². The van der Waals surface area contributed by atoms with Crippen LogP contribution >= 0.6 is 12.6 Å². The van der Waals surface area contributed by atoms with Crippen molar-refractivity contribution in [3.63, 3.8) is 0 Å². The molecular formula is C17H35N3OS. The van der Waals surface area contributed by atoms with Crippen molar-refractivity contribution >= 4 is 18.5 Å². The van der Waals surface area contributed by atoms with Gasteiger partial charge in [-0.3, -0.25) is 9.69 Å². The minimum atomic E-state index is -0.189. The van der Waals surface area contributed by atoms with E-state index in [2.05, 4.69) is 57.5 Å². The molecule has 0 radical (unpaired) electrons. The SMILES string of the molecule is CC[C@H](C)[C@@H](C(N)=O)N(C[C@@H]1C[C@H](S)CN1)C(C)CC(C)C. The molecule has 0 spiro atoms. The predicted molar refractivity (Wildman–Crippen MR) is 97.2 cm³/mol. The molecule has 0 bridgehead atoms.